The zero-order valence-electron chi connectivity index (χ0n) is 15.4. The van der Waals surface area contributed by atoms with Crippen molar-refractivity contribution in [3.8, 4) is 11.5 Å². The number of carbonyl (C=O) groups excluding carboxylic acids is 1. The molecule has 0 atom stereocenters. The Hall–Kier alpha value is -3.25. The Labute approximate surface area is 167 Å². The molecule has 2 aromatic carbocycles. The molecular weight excluding hydrogens is 380 g/mol. The molecule has 1 aromatic heterocycles. The Balaban J connectivity index is 1.64. The minimum absolute atomic E-state index is 0.323. The molecule has 7 heteroatoms. The lowest BCUT2D eigenvalue weighted by molar-refractivity contribution is 0.0953. The summed E-state index contributed by atoms with van der Waals surface area (Å²) in [5.41, 5.74) is 4.53. The molecule has 144 valence electrons. The van der Waals surface area contributed by atoms with Crippen molar-refractivity contribution in [3.05, 3.63) is 82.3 Å². The van der Waals surface area contributed by atoms with E-state index < -0.39 is 0 Å². The number of hydrazone groups is 1. The minimum atomic E-state index is -0.339. The van der Waals surface area contributed by atoms with Gasteiger partial charge in [0, 0.05) is 10.6 Å². The van der Waals surface area contributed by atoms with Crippen molar-refractivity contribution in [1.82, 2.24) is 5.43 Å². The number of aryl methyl sites for hydroxylation is 1. The fourth-order valence-electron chi connectivity index (χ4n) is 2.50. The van der Waals surface area contributed by atoms with Crippen LogP contribution in [-0.2, 0) is 6.61 Å². The molecule has 0 saturated carbocycles. The van der Waals surface area contributed by atoms with E-state index in [4.69, 9.17) is 25.5 Å². The van der Waals surface area contributed by atoms with Crippen LogP contribution >= 0.6 is 11.6 Å². The van der Waals surface area contributed by atoms with Crippen molar-refractivity contribution in [3.63, 3.8) is 0 Å². The number of ether oxygens (including phenoxy) is 2. The number of furan rings is 1. The molecule has 0 aliphatic carbocycles. The lowest BCUT2D eigenvalue weighted by Crippen LogP contribution is -2.17. The van der Waals surface area contributed by atoms with Crippen LogP contribution in [0, 0.1) is 6.92 Å². The highest BCUT2D eigenvalue weighted by Crippen LogP contribution is 2.29. The SMILES string of the molecule is COc1cc(/C=N/NC(=O)c2ccoc2C)ccc1OCc1ccccc1Cl. The normalized spacial score (nSPS) is 10.8. The van der Waals surface area contributed by atoms with Crippen LogP contribution in [0.1, 0.15) is 27.2 Å². The summed E-state index contributed by atoms with van der Waals surface area (Å²) in [5, 5.41) is 4.62. The molecule has 28 heavy (non-hydrogen) atoms. The summed E-state index contributed by atoms with van der Waals surface area (Å²) >= 11 is 6.15. The number of amides is 1. The van der Waals surface area contributed by atoms with Gasteiger partial charge in [-0.25, -0.2) is 5.43 Å². The molecular formula is C21H19ClN2O4. The zero-order valence-corrected chi connectivity index (χ0v) is 16.2. The van der Waals surface area contributed by atoms with Gasteiger partial charge in [-0.2, -0.15) is 5.10 Å². The van der Waals surface area contributed by atoms with Gasteiger partial charge in [0.25, 0.3) is 5.91 Å². The van der Waals surface area contributed by atoms with E-state index in [1.54, 1.807) is 32.2 Å². The summed E-state index contributed by atoms with van der Waals surface area (Å²) in [4.78, 5) is 12.0. The summed E-state index contributed by atoms with van der Waals surface area (Å²) in [6.45, 7) is 2.04. The van der Waals surface area contributed by atoms with Crippen molar-refractivity contribution in [2.24, 2.45) is 5.10 Å². The topological polar surface area (TPSA) is 73.1 Å². The molecule has 3 rings (SSSR count). The van der Waals surface area contributed by atoms with Gasteiger partial charge in [-0.05, 0) is 42.8 Å². The summed E-state index contributed by atoms with van der Waals surface area (Å²) < 4.78 is 16.3. The number of rotatable bonds is 7. The number of nitrogens with one attached hydrogen (secondary N) is 1. The van der Waals surface area contributed by atoms with Crippen molar-refractivity contribution in [1.29, 1.82) is 0 Å². The van der Waals surface area contributed by atoms with Crippen molar-refractivity contribution in [2.45, 2.75) is 13.5 Å². The molecule has 0 spiro atoms. The average Bonchev–Trinajstić information content (AvgIpc) is 3.13. The van der Waals surface area contributed by atoms with Crippen molar-refractivity contribution < 1.29 is 18.7 Å². The van der Waals surface area contributed by atoms with E-state index in [0.717, 1.165) is 11.1 Å². The first-order valence-electron chi connectivity index (χ1n) is 8.50. The van der Waals surface area contributed by atoms with Gasteiger partial charge in [0.05, 0.1) is 25.2 Å². The second-order valence-corrected chi connectivity index (χ2v) is 6.29. The average molecular weight is 399 g/mol. The predicted molar refractivity (Wildman–Crippen MR) is 107 cm³/mol. The number of hydrogen-bond donors (Lipinski definition) is 1. The van der Waals surface area contributed by atoms with Gasteiger partial charge in [-0.1, -0.05) is 29.8 Å². The molecule has 6 nitrogen and oxygen atoms in total. The Morgan fingerprint density at radius 1 is 1.21 bits per heavy atom. The van der Waals surface area contributed by atoms with E-state index in [1.807, 2.05) is 30.3 Å². The van der Waals surface area contributed by atoms with Crippen LogP contribution in [0.3, 0.4) is 0 Å². The van der Waals surface area contributed by atoms with Crippen molar-refractivity contribution in [2.75, 3.05) is 7.11 Å². The number of carbonyl (C=O) groups is 1. The van der Waals surface area contributed by atoms with Gasteiger partial charge in [-0.3, -0.25) is 4.79 Å². The standard InChI is InChI=1S/C21H19ClN2O4/c1-14-17(9-10-27-14)21(25)24-23-12-15-7-8-19(20(11-15)26-2)28-13-16-5-3-4-6-18(16)22/h3-12H,13H2,1-2H3,(H,24,25)/b23-12+. The smallest absolute Gasteiger partial charge is 0.274 e. The highest BCUT2D eigenvalue weighted by molar-refractivity contribution is 6.31. The van der Waals surface area contributed by atoms with E-state index in [0.29, 0.717) is 34.5 Å². The Kier molecular flexibility index (Phi) is 6.34. The predicted octanol–water partition coefficient (Wildman–Crippen LogP) is 4.59. The fourth-order valence-corrected chi connectivity index (χ4v) is 2.69. The van der Waals surface area contributed by atoms with Gasteiger partial charge < -0.3 is 13.9 Å². The largest absolute Gasteiger partial charge is 0.493 e. The van der Waals surface area contributed by atoms with Crippen LogP contribution in [0.25, 0.3) is 0 Å². The molecule has 0 unspecified atom stereocenters. The molecule has 1 N–H and O–H groups in total. The number of nitrogens with zero attached hydrogens (tertiary/aromatic N) is 1. The molecule has 0 radical (unpaired) electrons. The highest BCUT2D eigenvalue weighted by atomic mass is 35.5. The summed E-state index contributed by atoms with van der Waals surface area (Å²) in [6.07, 6.45) is 2.98. The molecule has 0 saturated heterocycles. The second-order valence-electron chi connectivity index (χ2n) is 5.88. The second kappa shape index (κ2) is 9.10. The van der Waals surface area contributed by atoms with Gasteiger partial charge in [0.1, 0.15) is 12.4 Å². The van der Waals surface area contributed by atoms with Crippen LogP contribution in [0.15, 0.2) is 64.3 Å². The van der Waals surface area contributed by atoms with Gasteiger partial charge >= 0.3 is 0 Å². The molecule has 1 amide bonds. The monoisotopic (exact) mass is 398 g/mol. The number of halogens is 1. The van der Waals surface area contributed by atoms with Gasteiger partial charge in [0.15, 0.2) is 11.5 Å². The summed E-state index contributed by atoms with van der Waals surface area (Å²) in [7, 11) is 1.56. The molecule has 0 aliphatic rings. The Bertz CT molecular complexity index is 998. The third-order valence-corrected chi connectivity index (χ3v) is 4.38. The van der Waals surface area contributed by atoms with E-state index in [1.165, 1.54) is 12.5 Å². The molecule has 3 aromatic rings. The lowest BCUT2D eigenvalue weighted by atomic mass is 10.2. The Morgan fingerprint density at radius 3 is 2.75 bits per heavy atom. The maximum Gasteiger partial charge on any atom is 0.274 e. The van der Waals surface area contributed by atoms with Crippen LogP contribution in [0.2, 0.25) is 5.02 Å². The van der Waals surface area contributed by atoms with E-state index in [9.17, 15) is 4.79 Å². The summed E-state index contributed by atoms with van der Waals surface area (Å²) in [5.74, 6) is 1.33. The Morgan fingerprint density at radius 2 is 2.04 bits per heavy atom. The van der Waals surface area contributed by atoms with E-state index in [-0.39, 0.29) is 5.91 Å². The van der Waals surface area contributed by atoms with E-state index >= 15 is 0 Å². The first-order valence-corrected chi connectivity index (χ1v) is 8.88. The van der Waals surface area contributed by atoms with Gasteiger partial charge in [-0.15, -0.1) is 0 Å². The number of benzene rings is 2. The zero-order chi connectivity index (χ0) is 19.9. The quantitative estimate of drug-likeness (QED) is 0.466. The van der Waals surface area contributed by atoms with E-state index in [2.05, 4.69) is 10.5 Å². The van der Waals surface area contributed by atoms with Crippen LogP contribution in [0.4, 0.5) is 0 Å². The van der Waals surface area contributed by atoms with Crippen LogP contribution < -0.4 is 14.9 Å². The fraction of sp³-hybridized carbons (Fsp3) is 0.143. The van der Waals surface area contributed by atoms with Crippen LogP contribution in [0.5, 0.6) is 11.5 Å². The molecule has 0 aliphatic heterocycles. The summed E-state index contributed by atoms with van der Waals surface area (Å²) in [6, 6.07) is 14.4. The number of methoxy groups -OCH3 is 1. The van der Waals surface area contributed by atoms with Gasteiger partial charge in [0.2, 0.25) is 0 Å². The third-order valence-electron chi connectivity index (χ3n) is 4.01. The third kappa shape index (κ3) is 4.72. The molecule has 0 bridgehead atoms. The maximum atomic E-state index is 12.0. The molecule has 1 heterocycles. The number of hydrogen-bond acceptors (Lipinski definition) is 5. The first-order chi connectivity index (χ1) is 13.6. The highest BCUT2D eigenvalue weighted by Gasteiger charge is 2.10. The first kappa shape index (κ1) is 19.5. The van der Waals surface area contributed by atoms with Crippen molar-refractivity contribution >= 4 is 23.7 Å². The lowest BCUT2D eigenvalue weighted by Gasteiger charge is -2.12. The van der Waals surface area contributed by atoms with Crippen LogP contribution in [-0.4, -0.2) is 19.2 Å². The molecule has 0 fully saturated rings. The maximum absolute atomic E-state index is 12.0. The minimum Gasteiger partial charge on any atom is -0.493 e.